The predicted molar refractivity (Wildman–Crippen MR) is 93.0 cm³/mol. The summed E-state index contributed by atoms with van der Waals surface area (Å²) in [5, 5.41) is 3.32. The Bertz CT molecular complexity index is 535. The molecule has 0 bridgehead atoms. The predicted octanol–water partition coefficient (Wildman–Crippen LogP) is 2.20. The Hall–Kier alpha value is -1.59. The van der Waals surface area contributed by atoms with E-state index in [4.69, 9.17) is 9.47 Å². The second-order valence-corrected chi connectivity index (χ2v) is 6.67. The lowest BCUT2D eigenvalue weighted by Crippen LogP contribution is -2.45. The smallest absolute Gasteiger partial charge is 0.225 e. The summed E-state index contributed by atoms with van der Waals surface area (Å²) in [5.74, 6) is 1.44. The monoisotopic (exact) mass is 332 g/mol. The first kappa shape index (κ1) is 17.2. The molecule has 2 aliphatic rings. The number of benzene rings is 1. The number of nitrogens with zero attached hydrogens (tertiary/aromatic N) is 1. The van der Waals surface area contributed by atoms with Gasteiger partial charge in [0.2, 0.25) is 5.91 Å². The molecule has 1 amide bonds. The van der Waals surface area contributed by atoms with Crippen LogP contribution in [0, 0.1) is 5.92 Å². The number of hydrogen-bond donors (Lipinski definition) is 1. The molecule has 2 saturated heterocycles. The minimum atomic E-state index is 0.220. The van der Waals surface area contributed by atoms with Crippen LogP contribution in [0.2, 0.25) is 0 Å². The van der Waals surface area contributed by atoms with Crippen LogP contribution in [-0.2, 0) is 16.1 Å². The fraction of sp³-hybridized carbons (Fsp3) is 0.632. The van der Waals surface area contributed by atoms with Gasteiger partial charge in [0.15, 0.2) is 0 Å². The molecule has 5 nitrogen and oxygen atoms in total. The molecule has 2 heterocycles. The maximum atomic E-state index is 12.6. The summed E-state index contributed by atoms with van der Waals surface area (Å²) in [6.07, 6.45) is 4.02. The van der Waals surface area contributed by atoms with Crippen molar-refractivity contribution in [2.75, 3.05) is 33.3 Å². The number of methoxy groups -OCH3 is 1. The summed E-state index contributed by atoms with van der Waals surface area (Å²) in [6.45, 7) is 4.14. The van der Waals surface area contributed by atoms with Crippen LogP contribution in [0.15, 0.2) is 24.3 Å². The summed E-state index contributed by atoms with van der Waals surface area (Å²) in [6, 6.07) is 7.96. The van der Waals surface area contributed by atoms with Gasteiger partial charge in [-0.25, -0.2) is 0 Å². The summed E-state index contributed by atoms with van der Waals surface area (Å²) in [5.41, 5.74) is 1.08. The van der Waals surface area contributed by atoms with E-state index < -0.39 is 0 Å². The Kier molecular flexibility index (Phi) is 6.10. The number of para-hydroxylation sites is 1. The van der Waals surface area contributed by atoms with Crippen LogP contribution >= 0.6 is 0 Å². The molecule has 1 N–H and O–H groups in total. The number of hydrogen-bond acceptors (Lipinski definition) is 4. The number of amides is 1. The molecule has 132 valence electrons. The van der Waals surface area contributed by atoms with Crippen LogP contribution in [0.4, 0.5) is 0 Å². The number of nitrogens with one attached hydrogen (secondary N) is 1. The van der Waals surface area contributed by atoms with Crippen molar-refractivity contribution < 1.29 is 14.3 Å². The average Bonchev–Trinajstić information content (AvgIpc) is 2.67. The van der Waals surface area contributed by atoms with Crippen molar-refractivity contribution >= 4 is 5.91 Å². The maximum absolute atomic E-state index is 12.6. The highest BCUT2D eigenvalue weighted by Gasteiger charge is 2.29. The standard InChI is InChI=1S/C19H28N2O3/c1-23-18-5-3-2-4-16(18)14-24-17-8-12-21(13-9-17)19(22)15-6-10-20-11-7-15/h2-5,15,17,20H,6-14H2,1H3. The first-order valence-corrected chi connectivity index (χ1v) is 9.01. The van der Waals surface area contributed by atoms with Gasteiger partial charge in [-0.2, -0.15) is 0 Å². The molecule has 0 unspecified atom stereocenters. The quantitative estimate of drug-likeness (QED) is 0.898. The zero-order valence-electron chi connectivity index (χ0n) is 14.5. The molecule has 0 spiro atoms. The van der Waals surface area contributed by atoms with Gasteiger partial charge in [0.05, 0.1) is 19.8 Å². The number of carbonyl (C=O) groups is 1. The minimum absolute atomic E-state index is 0.220. The van der Waals surface area contributed by atoms with Gasteiger partial charge in [-0.3, -0.25) is 4.79 Å². The van der Waals surface area contributed by atoms with Crippen molar-refractivity contribution in [2.24, 2.45) is 5.92 Å². The third-order valence-electron chi connectivity index (χ3n) is 5.11. The first-order chi connectivity index (χ1) is 11.8. The van der Waals surface area contributed by atoms with Crippen molar-refractivity contribution in [3.05, 3.63) is 29.8 Å². The highest BCUT2D eigenvalue weighted by molar-refractivity contribution is 5.79. The Morgan fingerprint density at radius 2 is 1.88 bits per heavy atom. The van der Waals surface area contributed by atoms with Crippen LogP contribution in [0.3, 0.4) is 0 Å². The first-order valence-electron chi connectivity index (χ1n) is 9.01. The largest absolute Gasteiger partial charge is 0.496 e. The molecule has 2 fully saturated rings. The lowest BCUT2D eigenvalue weighted by molar-refractivity contribution is -0.139. The van der Waals surface area contributed by atoms with Crippen LogP contribution in [0.1, 0.15) is 31.2 Å². The van der Waals surface area contributed by atoms with Gasteiger partial charge in [-0.15, -0.1) is 0 Å². The number of ether oxygens (including phenoxy) is 2. The molecular formula is C19H28N2O3. The minimum Gasteiger partial charge on any atom is -0.496 e. The molecule has 3 rings (SSSR count). The second kappa shape index (κ2) is 8.49. The summed E-state index contributed by atoms with van der Waals surface area (Å²) in [4.78, 5) is 14.6. The fourth-order valence-corrected chi connectivity index (χ4v) is 3.60. The van der Waals surface area contributed by atoms with E-state index in [2.05, 4.69) is 5.32 Å². The Labute approximate surface area is 144 Å². The Morgan fingerprint density at radius 1 is 1.17 bits per heavy atom. The SMILES string of the molecule is COc1ccccc1COC1CCN(C(=O)C2CCNCC2)CC1. The molecule has 2 aliphatic heterocycles. The van der Waals surface area contributed by atoms with Gasteiger partial charge in [0.1, 0.15) is 5.75 Å². The molecule has 0 aliphatic carbocycles. The van der Waals surface area contributed by atoms with Crippen LogP contribution in [-0.4, -0.2) is 50.2 Å². The van der Waals surface area contributed by atoms with Crippen molar-refractivity contribution in [2.45, 2.75) is 38.4 Å². The molecule has 0 saturated carbocycles. The zero-order chi connectivity index (χ0) is 16.8. The Morgan fingerprint density at radius 3 is 2.58 bits per heavy atom. The van der Waals surface area contributed by atoms with Crippen molar-refractivity contribution in [3.63, 3.8) is 0 Å². The van der Waals surface area contributed by atoms with Crippen LogP contribution < -0.4 is 10.1 Å². The van der Waals surface area contributed by atoms with E-state index in [0.717, 1.165) is 63.2 Å². The highest BCUT2D eigenvalue weighted by atomic mass is 16.5. The normalized spacial score (nSPS) is 20.1. The molecule has 0 radical (unpaired) electrons. The van der Waals surface area contributed by atoms with Gasteiger partial charge < -0.3 is 19.7 Å². The van der Waals surface area contributed by atoms with E-state index in [0.29, 0.717) is 12.5 Å². The molecule has 1 aromatic rings. The van der Waals surface area contributed by atoms with E-state index in [9.17, 15) is 4.79 Å². The van der Waals surface area contributed by atoms with Crippen LogP contribution in [0.5, 0.6) is 5.75 Å². The zero-order valence-corrected chi connectivity index (χ0v) is 14.5. The van der Waals surface area contributed by atoms with E-state index in [1.165, 1.54) is 0 Å². The molecule has 0 atom stereocenters. The van der Waals surface area contributed by atoms with Gasteiger partial charge in [-0.1, -0.05) is 18.2 Å². The molecular weight excluding hydrogens is 304 g/mol. The lowest BCUT2D eigenvalue weighted by Gasteiger charge is -2.35. The number of carbonyl (C=O) groups excluding carboxylic acids is 1. The van der Waals surface area contributed by atoms with E-state index >= 15 is 0 Å². The second-order valence-electron chi connectivity index (χ2n) is 6.67. The van der Waals surface area contributed by atoms with E-state index in [1.807, 2.05) is 29.2 Å². The van der Waals surface area contributed by atoms with Gasteiger partial charge in [-0.05, 0) is 44.8 Å². The van der Waals surface area contributed by atoms with Gasteiger partial charge in [0.25, 0.3) is 0 Å². The van der Waals surface area contributed by atoms with Crippen LogP contribution in [0.25, 0.3) is 0 Å². The number of likely N-dealkylation sites (tertiary alicyclic amines) is 1. The van der Waals surface area contributed by atoms with Crippen molar-refractivity contribution in [1.82, 2.24) is 10.2 Å². The summed E-state index contributed by atoms with van der Waals surface area (Å²) < 4.78 is 11.4. The molecule has 24 heavy (non-hydrogen) atoms. The highest BCUT2D eigenvalue weighted by Crippen LogP contribution is 2.23. The Balaban J connectivity index is 1.44. The fourth-order valence-electron chi connectivity index (χ4n) is 3.60. The maximum Gasteiger partial charge on any atom is 0.225 e. The molecule has 1 aromatic carbocycles. The third kappa shape index (κ3) is 4.28. The number of piperidine rings is 2. The molecule has 5 heteroatoms. The lowest BCUT2D eigenvalue weighted by atomic mass is 9.95. The van der Waals surface area contributed by atoms with Crippen molar-refractivity contribution in [1.29, 1.82) is 0 Å². The van der Waals surface area contributed by atoms with Gasteiger partial charge >= 0.3 is 0 Å². The summed E-state index contributed by atoms with van der Waals surface area (Å²) >= 11 is 0. The third-order valence-corrected chi connectivity index (χ3v) is 5.11. The number of rotatable bonds is 5. The molecule has 0 aromatic heterocycles. The average molecular weight is 332 g/mol. The topological polar surface area (TPSA) is 50.8 Å². The van der Waals surface area contributed by atoms with E-state index in [1.54, 1.807) is 7.11 Å². The van der Waals surface area contributed by atoms with Crippen molar-refractivity contribution in [3.8, 4) is 5.75 Å². The summed E-state index contributed by atoms with van der Waals surface area (Å²) in [7, 11) is 1.68. The van der Waals surface area contributed by atoms with Gasteiger partial charge in [0, 0.05) is 24.6 Å². The van der Waals surface area contributed by atoms with E-state index in [-0.39, 0.29) is 12.0 Å².